The van der Waals surface area contributed by atoms with E-state index < -0.39 is 5.91 Å². The second-order valence-corrected chi connectivity index (χ2v) is 6.51. The van der Waals surface area contributed by atoms with Crippen LogP contribution in [0, 0.1) is 0 Å². The van der Waals surface area contributed by atoms with Gasteiger partial charge in [-0.3, -0.25) is 9.59 Å². The SMILES string of the molecule is NC(=O)c1ccc(NC(=O)CSCc2nc(N)c3ccccc3n2)cc1. The number of aromatic nitrogens is 2. The molecule has 0 saturated heterocycles. The van der Waals surface area contributed by atoms with Crippen LogP contribution in [0.2, 0.25) is 0 Å². The van der Waals surface area contributed by atoms with Gasteiger partial charge in [-0.05, 0) is 36.4 Å². The number of rotatable bonds is 6. The molecule has 0 unspecified atom stereocenters. The summed E-state index contributed by atoms with van der Waals surface area (Å²) in [5, 5.41) is 3.58. The van der Waals surface area contributed by atoms with Crippen LogP contribution in [0.15, 0.2) is 48.5 Å². The molecule has 3 rings (SSSR count). The molecule has 0 aliphatic rings. The lowest BCUT2D eigenvalue weighted by molar-refractivity contribution is -0.113. The van der Waals surface area contributed by atoms with Gasteiger partial charge in [0.15, 0.2) is 0 Å². The summed E-state index contributed by atoms with van der Waals surface area (Å²) in [5.74, 6) is 1.08. The third-order valence-electron chi connectivity index (χ3n) is 3.60. The number of hydrogen-bond donors (Lipinski definition) is 3. The normalized spacial score (nSPS) is 10.6. The van der Waals surface area contributed by atoms with Gasteiger partial charge in [0.05, 0.1) is 17.0 Å². The van der Waals surface area contributed by atoms with Crippen LogP contribution in [0.25, 0.3) is 10.9 Å². The largest absolute Gasteiger partial charge is 0.383 e. The molecule has 3 aromatic rings. The Kier molecular flexibility index (Phi) is 5.33. The molecular formula is C18H17N5O2S. The van der Waals surface area contributed by atoms with Crippen molar-refractivity contribution in [1.29, 1.82) is 0 Å². The number of fused-ring (bicyclic) bond motifs is 1. The van der Waals surface area contributed by atoms with Crippen LogP contribution in [0.3, 0.4) is 0 Å². The fraction of sp³-hybridized carbons (Fsp3) is 0.111. The first-order valence-corrected chi connectivity index (χ1v) is 8.97. The summed E-state index contributed by atoms with van der Waals surface area (Å²) >= 11 is 1.39. The summed E-state index contributed by atoms with van der Waals surface area (Å²) in [6.45, 7) is 0. The van der Waals surface area contributed by atoms with Crippen LogP contribution in [0.1, 0.15) is 16.2 Å². The van der Waals surface area contributed by atoms with E-state index in [9.17, 15) is 9.59 Å². The molecule has 2 amide bonds. The van der Waals surface area contributed by atoms with Crippen molar-refractivity contribution in [1.82, 2.24) is 9.97 Å². The van der Waals surface area contributed by atoms with Gasteiger partial charge in [0, 0.05) is 16.6 Å². The summed E-state index contributed by atoms with van der Waals surface area (Å²) in [6.07, 6.45) is 0. The van der Waals surface area contributed by atoms with Gasteiger partial charge in [-0.15, -0.1) is 11.8 Å². The number of benzene rings is 2. The van der Waals surface area contributed by atoms with Gasteiger partial charge in [-0.2, -0.15) is 0 Å². The number of para-hydroxylation sites is 1. The van der Waals surface area contributed by atoms with E-state index in [-0.39, 0.29) is 11.7 Å². The molecular weight excluding hydrogens is 350 g/mol. The average molecular weight is 367 g/mol. The molecule has 0 bridgehead atoms. The maximum Gasteiger partial charge on any atom is 0.248 e. The molecule has 0 atom stereocenters. The first-order valence-electron chi connectivity index (χ1n) is 7.81. The van der Waals surface area contributed by atoms with E-state index in [0.29, 0.717) is 28.6 Å². The number of thioether (sulfide) groups is 1. The van der Waals surface area contributed by atoms with Gasteiger partial charge < -0.3 is 16.8 Å². The molecule has 1 heterocycles. The van der Waals surface area contributed by atoms with Gasteiger partial charge in [0.1, 0.15) is 11.6 Å². The lowest BCUT2D eigenvalue weighted by Gasteiger charge is -2.07. The monoisotopic (exact) mass is 367 g/mol. The molecule has 0 aliphatic carbocycles. The molecule has 132 valence electrons. The number of nitrogen functional groups attached to an aromatic ring is 1. The van der Waals surface area contributed by atoms with Gasteiger partial charge in [0.25, 0.3) is 0 Å². The summed E-state index contributed by atoms with van der Waals surface area (Å²) in [7, 11) is 0. The van der Waals surface area contributed by atoms with Crippen molar-refractivity contribution >= 4 is 46.0 Å². The minimum Gasteiger partial charge on any atom is -0.383 e. The summed E-state index contributed by atoms with van der Waals surface area (Å²) < 4.78 is 0. The van der Waals surface area contributed by atoms with E-state index in [2.05, 4.69) is 15.3 Å². The summed E-state index contributed by atoms with van der Waals surface area (Å²) in [6, 6.07) is 13.9. The molecule has 0 spiro atoms. The highest BCUT2D eigenvalue weighted by atomic mass is 32.2. The van der Waals surface area contributed by atoms with E-state index in [1.165, 1.54) is 11.8 Å². The van der Waals surface area contributed by atoms with Crippen LogP contribution in [-0.4, -0.2) is 27.5 Å². The van der Waals surface area contributed by atoms with E-state index in [4.69, 9.17) is 11.5 Å². The van der Waals surface area contributed by atoms with Crippen molar-refractivity contribution in [3.05, 3.63) is 59.9 Å². The lowest BCUT2D eigenvalue weighted by Crippen LogP contribution is -2.15. The van der Waals surface area contributed by atoms with E-state index in [1.807, 2.05) is 24.3 Å². The number of carbonyl (C=O) groups is 2. The Morgan fingerprint density at radius 2 is 1.77 bits per heavy atom. The molecule has 1 aromatic heterocycles. The molecule has 7 nitrogen and oxygen atoms in total. The number of nitrogens with one attached hydrogen (secondary N) is 1. The zero-order chi connectivity index (χ0) is 18.5. The van der Waals surface area contributed by atoms with Crippen molar-refractivity contribution in [2.45, 2.75) is 5.75 Å². The maximum atomic E-state index is 12.0. The zero-order valence-electron chi connectivity index (χ0n) is 13.8. The third kappa shape index (κ3) is 4.28. The minimum absolute atomic E-state index is 0.157. The van der Waals surface area contributed by atoms with Gasteiger partial charge in [0.2, 0.25) is 11.8 Å². The van der Waals surface area contributed by atoms with Crippen LogP contribution in [0.4, 0.5) is 11.5 Å². The Hall–Kier alpha value is -3.13. The second-order valence-electron chi connectivity index (χ2n) is 5.52. The fourth-order valence-corrected chi connectivity index (χ4v) is 3.04. The Balaban J connectivity index is 1.54. The fourth-order valence-electron chi connectivity index (χ4n) is 2.37. The molecule has 0 saturated carbocycles. The molecule has 2 aromatic carbocycles. The maximum absolute atomic E-state index is 12.0. The lowest BCUT2D eigenvalue weighted by atomic mass is 10.2. The highest BCUT2D eigenvalue weighted by Crippen LogP contribution is 2.19. The Morgan fingerprint density at radius 3 is 2.50 bits per heavy atom. The van der Waals surface area contributed by atoms with Crippen molar-refractivity contribution < 1.29 is 9.59 Å². The van der Waals surface area contributed by atoms with Gasteiger partial charge >= 0.3 is 0 Å². The smallest absolute Gasteiger partial charge is 0.248 e. The number of nitrogens with zero attached hydrogens (tertiary/aromatic N) is 2. The van der Waals surface area contributed by atoms with E-state index in [0.717, 1.165) is 10.9 Å². The number of amides is 2. The Morgan fingerprint density at radius 1 is 1.04 bits per heavy atom. The number of hydrogen-bond acceptors (Lipinski definition) is 6. The van der Waals surface area contributed by atoms with E-state index >= 15 is 0 Å². The Bertz CT molecular complexity index is 959. The molecule has 5 N–H and O–H groups in total. The van der Waals surface area contributed by atoms with Crippen molar-refractivity contribution in [3.8, 4) is 0 Å². The second kappa shape index (κ2) is 7.83. The van der Waals surface area contributed by atoms with Crippen LogP contribution in [-0.2, 0) is 10.5 Å². The predicted octanol–water partition coefficient (Wildman–Crippen LogP) is 2.18. The standard InChI is InChI=1S/C18H17N5O2S/c19-17-13-3-1-2-4-14(13)22-15(23-17)9-26-10-16(24)21-12-7-5-11(6-8-12)18(20)25/h1-8H,9-10H2,(H2,20,25)(H,21,24)(H2,19,22,23). The van der Waals surface area contributed by atoms with Crippen LogP contribution >= 0.6 is 11.8 Å². The number of nitrogens with two attached hydrogens (primary N) is 2. The van der Waals surface area contributed by atoms with E-state index in [1.54, 1.807) is 24.3 Å². The van der Waals surface area contributed by atoms with Gasteiger partial charge in [-0.25, -0.2) is 9.97 Å². The summed E-state index contributed by atoms with van der Waals surface area (Å²) in [5.41, 5.74) is 12.9. The Labute approximate surface area is 154 Å². The highest BCUT2D eigenvalue weighted by Gasteiger charge is 2.08. The van der Waals surface area contributed by atoms with Crippen LogP contribution < -0.4 is 16.8 Å². The number of anilines is 2. The first-order chi connectivity index (χ1) is 12.5. The van der Waals surface area contributed by atoms with Crippen molar-refractivity contribution in [2.75, 3.05) is 16.8 Å². The molecule has 26 heavy (non-hydrogen) atoms. The molecule has 0 fully saturated rings. The van der Waals surface area contributed by atoms with Crippen molar-refractivity contribution in [2.24, 2.45) is 5.73 Å². The molecule has 0 radical (unpaired) electrons. The number of carbonyl (C=O) groups excluding carboxylic acids is 2. The average Bonchev–Trinajstić information content (AvgIpc) is 2.62. The van der Waals surface area contributed by atoms with Crippen molar-refractivity contribution in [3.63, 3.8) is 0 Å². The topological polar surface area (TPSA) is 124 Å². The minimum atomic E-state index is -0.506. The van der Waals surface area contributed by atoms with Crippen LogP contribution in [0.5, 0.6) is 0 Å². The first kappa shape index (κ1) is 17.7. The number of primary amides is 1. The highest BCUT2D eigenvalue weighted by molar-refractivity contribution is 7.99. The predicted molar refractivity (Wildman–Crippen MR) is 104 cm³/mol. The zero-order valence-corrected chi connectivity index (χ0v) is 14.6. The quantitative estimate of drug-likeness (QED) is 0.613. The summed E-state index contributed by atoms with van der Waals surface area (Å²) in [4.78, 5) is 31.8. The third-order valence-corrected chi connectivity index (χ3v) is 4.53. The molecule has 0 aliphatic heterocycles. The van der Waals surface area contributed by atoms with Gasteiger partial charge in [-0.1, -0.05) is 12.1 Å². The molecule has 8 heteroatoms.